The van der Waals surface area contributed by atoms with Crippen LogP contribution in [0.1, 0.15) is 80.1 Å². The van der Waals surface area contributed by atoms with Crippen molar-refractivity contribution in [3.05, 3.63) is 0 Å². The van der Waals surface area contributed by atoms with E-state index in [1.165, 1.54) is 0 Å². The van der Waals surface area contributed by atoms with Crippen molar-refractivity contribution in [2.24, 2.45) is 10.8 Å². The molecule has 0 aromatic carbocycles. The molecule has 0 saturated heterocycles. The summed E-state index contributed by atoms with van der Waals surface area (Å²) in [5, 5.41) is 20.8. The Morgan fingerprint density at radius 1 is 0.762 bits per heavy atom. The maximum atomic E-state index is 10.4. The van der Waals surface area contributed by atoms with Gasteiger partial charge in [0.25, 0.3) is 0 Å². The molecule has 5 heteroatoms. The number of carboxylic acid groups (broad SMARTS) is 2. The fraction of sp³-hybridized carbons (Fsp3) is 0.875. The first kappa shape index (κ1) is 25.4. The number of aliphatic carboxylic acids is 2. The largest absolute Gasteiger partial charge is 2.00 e. The Bertz CT molecular complexity index is 269. The van der Waals surface area contributed by atoms with Gasteiger partial charge in [-0.25, -0.2) is 0 Å². The number of carboxylic acids is 2. The van der Waals surface area contributed by atoms with E-state index in [0.717, 1.165) is 25.7 Å². The van der Waals surface area contributed by atoms with Crippen LogP contribution >= 0.6 is 0 Å². The number of rotatable bonds is 8. The van der Waals surface area contributed by atoms with Gasteiger partial charge in [0.15, 0.2) is 0 Å². The third kappa shape index (κ3) is 12.9. The van der Waals surface area contributed by atoms with Crippen molar-refractivity contribution in [2.75, 3.05) is 0 Å². The number of hydrogen-bond acceptors (Lipinski definition) is 4. The molecule has 0 aromatic rings. The van der Waals surface area contributed by atoms with E-state index in [0.29, 0.717) is 12.8 Å². The molecular weight excluding hydrogens is 315 g/mol. The van der Waals surface area contributed by atoms with Crippen LogP contribution in [-0.2, 0) is 26.1 Å². The number of unbranched alkanes of at least 4 members (excludes halogenated alkanes) is 2. The molecule has 0 saturated carbocycles. The van der Waals surface area contributed by atoms with E-state index in [1.807, 2.05) is 13.8 Å². The molecule has 128 valence electrons. The molecule has 0 aliphatic heterocycles. The van der Waals surface area contributed by atoms with Gasteiger partial charge in [-0.1, -0.05) is 67.2 Å². The summed E-state index contributed by atoms with van der Waals surface area (Å²) in [7, 11) is 0. The summed E-state index contributed by atoms with van der Waals surface area (Å²) in [6.45, 7) is 10.9. The molecule has 0 atom stereocenters. The van der Waals surface area contributed by atoms with E-state index in [2.05, 4.69) is 0 Å². The number of carbonyl (C=O) groups excluding carboxylic acids is 2. The Labute approximate surface area is 139 Å². The zero-order valence-electron chi connectivity index (χ0n) is 14.2. The first-order valence-corrected chi connectivity index (χ1v) is 7.44. The second kappa shape index (κ2) is 12.0. The topological polar surface area (TPSA) is 80.3 Å². The van der Waals surface area contributed by atoms with Gasteiger partial charge in [-0.2, -0.15) is 0 Å². The number of carbonyl (C=O) groups is 2. The summed E-state index contributed by atoms with van der Waals surface area (Å²) >= 11 is 0. The van der Waals surface area contributed by atoms with E-state index >= 15 is 0 Å². The van der Waals surface area contributed by atoms with Crippen LogP contribution in [0.3, 0.4) is 0 Å². The van der Waals surface area contributed by atoms with Crippen LogP contribution < -0.4 is 10.2 Å². The SMILES string of the molecule is CCCCC(C)(C)C(=O)[O-].CCCCC(C)(C)C(=O)[O-].[Ni+2]. The van der Waals surface area contributed by atoms with E-state index in [-0.39, 0.29) is 16.5 Å². The van der Waals surface area contributed by atoms with Crippen LogP contribution in [0.4, 0.5) is 0 Å². The van der Waals surface area contributed by atoms with Crippen molar-refractivity contribution in [3.8, 4) is 0 Å². The molecule has 0 amide bonds. The molecule has 0 aliphatic carbocycles. The predicted molar refractivity (Wildman–Crippen MR) is 76.6 cm³/mol. The van der Waals surface area contributed by atoms with E-state index < -0.39 is 22.8 Å². The predicted octanol–water partition coefficient (Wildman–Crippen LogP) is 1.90. The minimum absolute atomic E-state index is 0. The van der Waals surface area contributed by atoms with Gasteiger partial charge >= 0.3 is 16.5 Å². The Balaban J connectivity index is -0.000000295. The Morgan fingerprint density at radius 3 is 1.14 bits per heavy atom. The average Bonchev–Trinajstić information content (AvgIpc) is 2.34. The van der Waals surface area contributed by atoms with Crippen molar-refractivity contribution in [2.45, 2.75) is 80.1 Å². The maximum absolute atomic E-state index is 10.4. The fourth-order valence-electron chi connectivity index (χ4n) is 1.44. The molecule has 0 heterocycles. The fourth-order valence-corrected chi connectivity index (χ4v) is 1.44. The molecule has 0 radical (unpaired) electrons. The Kier molecular flexibility index (Phi) is 14.5. The summed E-state index contributed by atoms with van der Waals surface area (Å²) in [4.78, 5) is 20.8. The summed E-state index contributed by atoms with van der Waals surface area (Å²) in [5.41, 5.74) is -1.29. The van der Waals surface area contributed by atoms with E-state index in [1.54, 1.807) is 27.7 Å². The van der Waals surface area contributed by atoms with Gasteiger partial charge in [0, 0.05) is 22.8 Å². The summed E-state index contributed by atoms with van der Waals surface area (Å²) < 4.78 is 0. The molecule has 0 spiro atoms. The molecule has 21 heavy (non-hydrogen) atoms. The Morgan fingerprint density at radius 2 is 1.00 bits per heavy atom. The minimum atomic E-state index is -0.944. The Hall–Kier alpha value is -0.566. The van der Waals surface area contributed by atoms with Crippen LogP contribution in [0.2, 0.25) is 0 Å². The van der Waals surface area contributed by atoms with Gasteiger partial charge < -0.3 is 19.8 Å². The van der Waals surface area contributed by atoms with E-state index in [9.17, 15) is 19.8 Å². The summed E-state index contributed by atoms with van der Waals surface area (Å²) in [6, 6.07) is 0. The first-order valence-electron chi connectivity index (χ1n) is 7.44. The third-order valence-electron chi connectivity index (χ3n) is 3.42. The molecule has 0 bridgehead atoms. The average molecular weight is 345 g/mol. The van der Waals surface area contributed by atoms with Crippen molar-refractivity contribution < 1.29 is 36.3 Å². The number of hydrogen-bond donors (Lipinski definition) is 0. The van der Waals surface area contributed by atoms with Gasteiger partial charge in [0.05, 0.1) is 0 Å². The zero-order valence-corrected chi connectivity index (χ0v) is 15.2. The standard InChI is InChI=1S/2C8H16O2.Ni/c2*1-4-5-6-8(2,3)7(9)10;/h2*4-6H2,1-3H3,(H,9,10);/q;;+2/p-2. The zero-order chi connectivity index (χ0) is 16.4. The second-order valence-electron chi connectivity index (χ2n) is 6.55. The molecule has 0 aromatic heterocycles. The van der Waals surface area contributed by atoms with Gasteiger partial charge in [0.2, 0.25) is 0 Å². The van der Waals surface area contributed by atoms with Crippen LogP contribution in [0, 0.1) is 10.8 Å². The minimum Gasteiger partial charge on any atom is -0.550 e. The quantitative estimate of drug-likeness (QED) is 0.630. The van der Waals surface area contributed by atoms with Gasteiger partial charge in [-0.3, -0.25) is 0 Å². The third-order valence-corrected chi connectivity index (χ3v) is 3.42. The van der Waals surface area contributed by atoms with Gasteiger partial charge in [-0.15, -0.1) is 0 Å². The summed E-state index contributed by atoms with van der Waals surface area (Å²) in [5.74, 6) is -1.89. The van der Waals surface area contributed by atoms with Crippen molar-refractivity contribution in [3.63, 3.8) is 0 Å². The molecule has 0 N–H and O–H groups in total. The van der Waals surface area contributed by atoms with Crippen molar-refractivity contribution >= 4 is 11.9 Å². The van der Waals surface area contributed by atoms with Gasteiger partial charge in [-0.05, 0) is 12.8 Å². The van der Waals surface area contributed by atoms with Crippen LogP contribution in [0.5, 0.6) is 0 Å². The molecule has 4 nitrogen and oxygen atoms in total. The molecular formula is C16H30NiO4. The first-order chi connectivity index (χ1) is 9.01. The maximum Gasteiger partial charge on any atom is 2.00 e. The van der Waals surface area contributed by atoms with Gasteiger partial charge in [0.1, 0.15) is 0 Å². The van der Waals surface area contributed by atoms with E-state index in [4.69, 9.17) is 0 Å². The van der Waals surface area contributed by atoms with Crippen LogP contribution in [0.25, 0.3) is 0 Å². The van der Waals surface area contributed by atoms with Crippen LogP contribution in [-0.4, -0.2) is 11.9 Å². The van der Waals surface area contributed by atoms with Crippen molar-refractivity contribution in [1.29, 1.82) is 0 Å². The molecule has 0 aliphatic rings. The molecule has 0 fully saturated rings. The monoisotopic (exact) mass is 344 g/mol. The molecule has 0 rings (SSSR count). The normalized spacial score (nSPS) is 11.0. The summed E-state index contributed by atoms with van der Waals surface area (Å²) in [6.07, 6.45) is 5.42. The smallest absolute Gasteiger partial charge is 0.550 e. The molecule has 0 unspecified atom stereocenters. The van der Waals surface area contributed by atoms with Crippen LogP contribution in [0.15, 0.2) is 0 Å². The van der Waals surface area contributed by atoms with Crippen molar-refractivity contribution in [1.82, 2.24) is 0 Å². The second-order valence-corrected chi connectivity index (χ2v) is 6.55.